The van der Waals surface area contributed by atoms with Crippen molar-refractivity contribution in [3.63, 3.8) is 0 Å². The van der Waals surface area contributed by atoms with Crippen LogP contribution in [0.1, 0.15) is 25.3 Å². The maximum absolute atomic E-state index is 12.8. The summed E-state index contributed by atoms with van der Waals surface area (Å²) in [5.74, 6) is 1.46. The van der Waals surface area contributed by atoms with Crippen LogP contribution in [0.25, 0.3) is 10.8 Å². The molecule has 5 nitrogen and oxygen atoms in total. The fourth-order valence-electron chi connectivity index (χ4n) is 4.01. The molecule has 3 aromatic rings. The molecule has 4 rings (SSSR count). The molecule has 1 N–H and O–H groups in total. The second-order valence-electron chi connectivity index (χ2n) is 8.06. The number of rotatable bonds is 6. The number of piperidine rings is 1. The number of methoxy groups -OCH3 is 1. The number of fused-ring (bicyclic) bond motifs is 1. The topological polar surface area (TPSA) is 58.6 Å². The number of hydrogen-bond donors (Lipinski definition) is 1. The van der Waals surface area contributed by atoms with Crippen molar-refractivity contribution in [3.8, 4) is 5.75 Å². The van der Waals surface area contributed by atoms with Gasteiger partial charge in [-0.15, -0.1) is 0 Å². The third-order valence-electron chi connectivity index (χ3n) is 5.75. The minimum absolute atomic E-state index is 0.263. The van der Waals surface area contributed by atoms with E-state index in [2.05, 4.69) is 28.7 Å². The Balaban J connectivity index is 1.44. The highest BCUT2D eigenvalue weighted by molar-refractivity contribution is 7.89. The quantitative estimate of drug-likeness (QED) is 0.630. The first-order valence-electron chi connectivity index (χ1n) is 10.4. The second-order valence-corrected chi connectivity index (χ2v) is 9.83. The standard InChI is InChI=1S/C24H28N2O3S/c1-18-4-3-13-26(17-18)22-9-5-19(6-10-22)16-25-30(27,28)24-12-8-20-14-23(29-2)11-7-21(20)15-24/h5-12,14-15,18,25H,3-4,13,16-17H2,1-2H3/t18-/m1/s1. The van der Waals surface area contributed by atoms with Crippen molar-refractivity contribution < 1.29 is 13.2 Å². The van der Waals surface area contributed by atoms with Crippen LogP contribution in [-0.2, 0) is 16.6 Å². The number of sulfonamides is 1. The Kier molecular flexibility index (Phi) is 5.97. The van der Waals surface area contributed by atoms with E-state index in [4.69, 9.17) is 4.74 Å². The van der Waals surface area contributed by atoms with E-state index >= 15 is 0 Å². The molecule has 0 bridgehead atoms. The predicted molar refractivity (Wildman–Crippen MR) is 122 cm³/mol. The van der Waals surface area contributed by atoms with Gasteiger partial charge in [-0.1, -0.05) is 31.2 Å². The van der Waals surface area contributed by atoms with E-state index in [0.29, 0.717) is 5.92 Å². The predicted octanol–water partition coefficient (Wildman–Crippen LogP) is 4.56. The Morgan fingerprint density at radius 1 is 1.03 bits per heavy atom. The fourth-order valence-corrected chi connectivity index (χ4v) is 5.06. The molecule has 1 atom stereocenters. The molecule has 1 saturated heterocycles. The van der Waals surface area contributed by atoms with E-state index in [1.807, 2.05) is 30.3 Å². The average molecular weight is 425 g/mol. The maximum atomic E-state index is 12.8. The van der Waals surface area contributed by atoms with Crippen molar-refractivity contribution in [2.45, 2.75) is 31.2 Å². The summed E-state index contributed by atoms with van der Waals surface area (Å²) in [6.45, 7) is 4.72. The molecule has 1 heterocycles. The maximum Gasteiger partial charge on any atom is 0.240 e. The lowest BCUT2D eigenvalue weighted by molar-refractivity contribution is 0.415. The molecule has 0 unspecified atom stereocenters. The average Bonchev–Trinajstić information content (AvgIpc) is 2.77. The molecular formula is C24H28N2O3S. The van der Waals surface area contributed by atoms with Gasteiger partial charge in [-0.3, -0.25) is 0 Å². The molecule has 6 heteroatoms. The molecule has 158 valence electrons. The summed E-state index contributed by atoms with van der Waals surface area (Å²) >= 11 is 0. The zero-order chi connectivity index (χ0) is 21.1. The molecular weight excluding hydrogens is 396 g/mol. The first kappa shape index (κ1) is 20.7. The summed E-state index contributed by atoms with van der Waals surface area (Å²) in [4.78, 5) is 2.67. The molecule has 0 saturated carbocycles. The van der Waals surface area contributed by atoms with Gasteiger partial charge in [0.1, 0.15) is 5.75 Å². The highest BCUT2D eigenvalue weighted by atomic mass is 32.2. The molecule has 1 aliphatic rings. The lowest BCUT2D eigenvalue weighted by Crippen LogP contribution is -2.34. The summed E-state index contributed by atoms with van der Waals surface area (Å²) in [5, 5.41) is 1.80. The van der Waals surface area contributed by atoms with Crippen LogP contribution >= 0.6 is 0 Å². The van der Waals surface area contributed by atoms with E-state index < -0.39 is 10.0 Å². The van der Waals surface area contributed by atoms with E-state index in [0.717, 1.165) is 35.2 Å². The largest absolute Gasteiger partial charge is 0.497 e. The van der Waals surface area contributed by atoms with Crippen LogP contribution in [-0.4, -0.2) is 28.6 Å². The highest BCUT2D eigenvalue weighted by Gasteiger charge is 2.17. The van der Waals surface area contributed by atoms with Crippen LogP contribution in [0.4, 0.5) is 5.69 Å². The molecule has 0 amide bonds. The molecule has 3 aromatic carbocycles. The lowest BCUT2D eigenvalue weighted by Gasteiger charge is -2.32. The van der Waals surface area contributed by atoms with Gasteiger partial charge in [0.05, 0.1) is 12.0 Å². The number of anilines is 1. The van der Waals surface area contributed by atoms with Crippen molar-refractivity contribution in [1.82, 2.24) is 4.72 Å². The van der Waals surface area contributed by atoms with Gasteiger partial charge in [-0.25, -0.2) is 13.1 Å². The number of ether oxygens (including phenoxy) is 1. The van der Waals surface area contributed by atoms with Crippen molar-refractivity contribution in [1.29, 1.82) is 0 Å². The van der Waals surface area contributed by atoms with Crippen molar-refractivity contribution in [2.75, 3.05) is 25.1 Å². The Morgan fingerprint density at radius 3 is 2.50 bits per heavy atom. The Labute approximate surface area is 178 Å². The Bertz CT molecular complexity index is 1130. The summed E-state index contributed by atoms with van der Waals surface area (Å²) in [6, 6.07) is 18.9. The number of nitrogens with zero attached hydrogens (tertiary/aromatic N) is 1. The minimum atomic E-state index is -3.60. The van der Waals surface area contributed by atoms with Gasteiger partial charge in [0, 0.05) is 25.3 Å². The monoisotopic (exact) mass is 424 g/mol. The van der Waals surface area contributed by atoms with E-state index in [-0.39, 0.29) is 11.4 Å². The van der Waals surface area contributed by atoms with Crippen LogP contribution in [0, 0.1) is 5.92 Å². The van der Waals surface area contributed by atoms with Crippen LogP contribution in [0.2, 0.25) is 0 Å². The van der Waals surface area contributed by atoms with E-state index in [1.165, 1.54) is 18.5 Å². The molecule has 0 spiro atoms. The summed E-state index contributed by atoms with van der Waals surface area (Å²) in [7, 11) is -1.98. The Hall–Kier alpha value is -2.57. The highest BCUT2D eigenvalue weighted by Crippen LogP contribution is 2.25. The smallest absolute Gasteiger partial charge is 0.240 e. The zero-order valence-electron chi connectivity index (χ0n) is 17.5. The minimum Gasteiger partial charge on any atom is -0.497 e. The third kappa shape index (κ3) is 4.60. The normalized spacial score (nSPS) is 17.3. The molecule has 30 heavy (non-hydrogen) atoms. The van der Waals surface area contributed by atoms with Crippen LogP contribution in [0.15, 0.2) is 65.6 Å². The van der Waals surface area contributed by atoms with Gasteiger partial charge in [0.25, 0.3) is 0 Å². The van der Waals surface area contributed by atoms with Crippen LogP contribution in [0.3, 0.4) is 0 Å². The fraction of sp³-hybridized carbons (Fsp3) is 0.333. The zero-order valence-corrected chi connectivity index (χ0v) is 18.3. The molecule has 0 radical (unpaired) electrons. The van der Waals surface area contributed by atoms with Gasteiger partial charge in [0.15, 0.2) is 0 Å². The van der Waals surface area contributed by atoms with Crippen molar-refractivity contribution >= 4 is 26.5 Å². The SMILES string of the molecule is COc1ccc2cc(S(=O)(=O)NCc3ccc(N4CCC[C@@H](C)C4)cc3)ccc2c1. The number of hydrogen-bond acceptors (Lipinski definition) is 4. The summed E-state index contributed by atoms with van der Waals surface area (Å²) < 4.78 is 33.5. The van der Waals surface area contributed by atoms with E-state index in [9.17, 15) is 8.42 Å². The third-order valence-corrected chi connectivity index (χ3v) is 7.15. The second kappa shape index (κ2) is 8.66. The van der Waals surface area contributed by atoms with Gasteiger partial charge in [-0.2, -0.15) is 0 Å². The summed E-state index contributed by atoms with van der Waals surface area (Å²) in [5.41, 5.74) is 2.15. The molecule has 1 aliphatic heterocycles. The van der Waals surface area contributed by atoms with Crippen molar-refractivity contribution in [3.05, 3.63) is 66.2 Å². The lowest BCUT2D eigenvalue weighted by atomic mass is 9.99. The van der Waals surface area contributed by atoms with Gasteiger partial charge in [0.2, 0.25) is 10.0 Å². The number of nitrogens with one attached hydrogen (secondary N) is 1. The molecule has 1 fully saturated rings. The molecule has 0 aliphatic carbocycles. The first-order chi connectivity index (χ1) is 14.4. The Morgan fingerprint density at radius 2 is 1.77 bits per heavy atom. The van der Waals surface area contributed by atoms with Gasteiger partial charge < -0.3 is 9.64 Å². The van der Waals surface area contributed by atoms with Gasteiger partial charge >= 0.3 is 0 Å². The molecule has 0 aromatic heterocycles. The summed E-state index contributed by atoms with van der Waals surface area (Å²) in [6.07, 6.45) is 2.51. The number of benzene rings is 3. The van der Waals surface area contributed by atoms with Gasteiger partial charge in [-0.05, 0) is 71.5 Å². The van der Waals surface area contributed by atoms with Crippen LogP contribution in [0.5, 0.6) is 5.75 Å². The van der Waals surface area contributed by atoms with E-state index in [1.54, 1.807) is 25.3 Å². The first-order valence-corrected chi connectivity index (χ1v) is 11.8. The van der Waals surface area contributed by atoms with Crippen molar-refractivity contribution in [2.24, 2.45) is 5.92 Å². The van der Waals surface area contributed by atoms with Crippen LogP contribution < -0.4 is 14.4 Å².